The van der Waals surface area contributed by atoms with Gasteiger partial charge in [0.15, 0.2) is 23.9 Å². The maximum atomic E-state index is 13.1. The first-order valence-electron chi connectivity index (χ1n) is 6.99. The number of fused-ring (bicyclic) bond motifs is 1. The average molecular weight is 316 g/mol. The number of halogens is 1. The van der Waals surface area contributed by atoms with E-state index in [0.29, 0.717) is 24.7 Å². The monoisotopic (exact) mass is 316 g/mol. The van der Waals surface area contributed by atoms with Gasteiger partial charge in [0.1, 0.15) is 19.0 Å². The normalized spacial score (nSPS) is 12.6. The van der Waals surface area contributed by atoms with Gasteiger partial charge in [-0.05, 0) is 30.3 Å². The van der Waals surface area contributed by atoms with Gasteiger partial charge in [0, 0.05) is 5.56 Å². The SMILES string of the molecule is O=C(COC(=O)c1ccc2c(c1)OCCO2)c1cccc(F)c1. The molecule has 0 amide bonds. The van der Waals surface area contributed by atoms with Crippen LogP contribution in [0.4, 0.5) is 4.39 Å². The molecule has 0 radical (unpaired) electrons. The quantitative estimate of drug-likeness (QED) is 0.641. The maximum absolute atomic E-state index is 13.1. The fourth-order valence-electron chi connectivity index (χ4n) is 2.13. The third-order valence-corrected chi connectivity index (χ3v) is 3.26. The van der Waals surface area contributed by atoms with Crippen LogP contribution in [0.1, 0.15) is 20.7 Å². The second-order valence-electron chi connectivity index (χ2n) is 4.87. The summed E-state index contributed by atoms with van der Waals surface area (Å²) >= 11 is 0. The van der Waals surface area contributed by atoms with Crippen molar-refractivity contribution in [3.63, 3.8) is 0 Å². The summed E-state index contributed by atoms with van der Waals surface area (Å²) in [7, 11) is 0. The minimum atomic E-state index is -0.660. The molecule has 0 aromatic heterocycles. The topological polar surface area (TPSA) is 61.8 Å². The van der Waals surface area contributed by atoms with Crippen molar-refractivity contribution >= 4 is 11.8 Å². The van der Waals surface area contributed by atoms with Crippen molar-refractivity contribution in [3.05, 3.63) is 59.4 Å². The van der Waals surface area contributed by atoms with Gasteiger partial charge in [0.2, 0.25) is 0 Å². The number of Topliss-reactive ketones (excluding diaryl/α,β-unsaturated/α-hetero) is 1. The molecule has 0 unspecified atom stereocenters. The number of carbonyl (C=O) groups is 2. The van der Waals surface area contributed by atoms with Crippen LogP contribution in [0, 0.1) is 5.82 Å². The zero-order valence-electron chi connectivity index (χ0n) is 12.1. The molecule has 1 aliphatic heterocycles. The van der Waals surface area contributed by atoms with E-state index in [1.165, 1.54) is 30.3 Å². The summed E-state index contributed by atoms with van der Waals surface area (Å²) in [6.45, 7) is 0.402. The highest BCUT2D eigenvalue weighted by Gasteiger charge is 2.17. The molecule has 0 bridgehead atoms. The molecule has 3 rings (SSSR count). The predicted molar refractivity (Wildman–Crippen MR) is 78.4 cm³/mol. The van der Waals surface area contributed by atoms with Crippen molar-refractivity contribution in [2.75, 3.05) is 19.8 Å². The number of hydrogen-bond acceptors (Lipinski definition) is 5. The Morgan fingerprint density at radius 3 is 2.57 bits per heavy atom. The van der Waals surface area contributed by atoms with E-state index in [2.05, 4.69) is 0 Å². The molecule has 0 fully saturated rings. The van der Waals surface area contributed by atoms with E-state index in [0.717, 1.165) is 6.07 Å². The van der Waals surface area contributed by atoms with Crippen LogP contribution in [0.3, 0.4) is 0 Å². The van der Waals surface area contributed by atoms with Crippen LogP contribution in [0.25, 0.3) is 0 Å². The maximum Gasteiger partial charge on any atom is 0.338 e. The summed E-state index contributed by atoms with van der Waals surface area (Å²) in [5.74, 6) is -0.637. The molecule has 2 aromatic carbocycles. The van der Waals surface area contributed by atoms with Crippen molar-refractivity contribution < 1.29 is 28.2 Å². The Labute approximate surface area is 131 Å². The number of esters is 1. The van der Waals surface area contributed by atoms with Gasteiger partial charge in [-0.25, -0.2) is 9.18 Å². The zero-order chi connectivity index (χ0) is 16.2. The number of ether oxygens (including phenoxy) is 3. The van der Waals surface area contributed by atoms with Gasteiger partial charge in [0.25, 0.3) is 0 Å². The van der Waals surface area contributed by atoms with Crippen molar-refractivity contribution in [1.29, 1.82) is 0 Å². The number of hydrogen-bond donors (Lipinski definition) is 0. The Balaban J connectivity index is 1.64. The van der Waals surface area contributed by atoms with Gasteiger partial charge in [-0.3, -0.25) is 4.79 Å². The van der Waals surface area contributed by atoms with Crippen molar-refractivity contribution in [3.8, 4) is 11.5 Å². The fourth-order valence-corrected chi connectivity index (χ4v) is 2.13. The van der Waals surface area contributed by atoms with E-state index >= 15 is 0 Å². The first-order valence-corrected chi connectivity index (χ1v) is 6.99. The van der Waals surface area contributed by atoms with Crippen molar-refractivity contribution in [2.45, 2.75) is 0 Å². The molecule has 0 atom stereocenters. The summed E-state index contributed by atoms with van der Waals surface area (Å²) < 4.78 is 28.8. The molecule has 2 aromatic rings. The van der Waals surface area contributed by atoms with Gasteiger partial charge in [-0.1, -0.05) is 12.1 Å². The molecule has 118 valence electrons. The van der Waals surface area contributed by atoms with Crippen LogP contribution in [0.15, 0.2) is 42.5 Å². The van der Waals surface area contributed by atoms with Gasteiger partial charge in [0.05, 0.1) is 5.56 Å². The van der Waals surface area contributed by atoms with Crippen LogP contribution < -0.4 is 9.47 Å². The molecule has 23 heavy (non-hydrogen) atoms. The van der Waals surface area contributed by atoms with E-state index in [1.807, 2.05) is 0 Å². The van der Waals surface area contributed by atoms with E-state index < -0.39 is 24.2 Å². The van der Waals surface area contributed by atoms with Gasteiger partial charge in [-0.2, -0.15) is 0 Å². The molecule has 0 saturated carbocycles. The highest BCUT2D eigenvalue weighted by atomic mass is 19.1. The summed E-state index contributed by atoms with van der Waals surface area (Å²) in [4.78, 5) is 23.9. The molecule has 0 aliphatic carbocycles. The number of rotatable bonds is 4. The highest BCUT2D eigenvalue weighted by Crippen LogP contribution is 2.30. The summed E-state index contributed by atoms with van der Waals surface area (Å²) in [6, 6.07) is 9.86. The van der Waals surface area contributed by atoms with E-state index in [9.17, 15) is 14.0 Å². The first kappa shape index (κ1) is 15.0. The standard InChI is InChI=1S/C17H13FO5/c18-13-3-1-2-11(8-13)14(19)10-23-17(20)12-4-5-15-16(9-12)22-7-6-21-15/h1-5,8-9H,6-7,10H2. The molecular weight excluding hydrogens is 303 g/mol. The average Bonchev–Trinajstić information content (AvgIpc) is 2.59. The molecule has 0 saturated heterocycles. The van der Waals surface area contributed by atoms with Crippen LogP contribution in [-0.2, 0) is 4.74 Å². The Hall–Kier alpha value is -2.89. The Morgan fingerprint density at radius 1 is 1.00 bits per heavy atom. The lowest BCUT2D eigenvalue weighted by atomic mass is 10.1. The summed E-state index contributed by atoms with van der Waals surface area (Å²) in [5, 5.41) is 0. The minimum absolute atomic E-state index is 0.153. The second-order valence-corrected chi connectivity index (χ2v) is 4.87. The third kappa shape index (κ3) is 3.48. The van der Waals surface area contributed by atoms with Gasteiger partial charge >= 0.3 is 5.97 Å². The minimum Gasteiger partial charge on any atom is -0.486 e. The number of benzene rings is 2. The van der Waals surface area contributed by atoms with Crippen molar-refractivity contribution in [1.82, 2.24) is 0 Å². The molecule has 1 aliphatic rings. The van der Waals surface area contributed by atoms with Crippen LogP contribution >= 0.6 is 0 Å². The smallest absolute Gasteiger partial charge is 0.338 e. The fraction of sp³-hybridized carbons (Fsp3) is 0.176. The molecule has 5 nitrogen and oxygen atoms in total. The van der Waals surface area contributed by atoms with E-state index in [4.69, 9.17) is 14.2 Å². The second kappa shape index (κ2) is 6.48. The number of carbonyl (C=O) groups excluding carboxylic acids is 2. The largest absolute Gasteiger partial charge is 0.486 e. The first-order chi connectivity index (χ1) is 11.1. The highest BCUT2D eigenvalue weighted by molar-refractivity contribution is 5.99. The molecule has 0 N–H and O–H groups in total. The van der Waals surface area contributed by atoms with Crippen molar-refractivity contribution in [2.24, 2.45) is 0 Å². The van der Waals surface area contributed by atoms with E-state index in [-0.39, 0.29) is 11.1 Å². The molecule has 0 spiro atoms. The van der Waals surface area contributed by atoms with Gasteiger partial charge < -0.3 is 14.2 Å². The summed E-state index contributed by atoms with van der Waals surface area (Å²) in [6.07, 6.45) is 0. The lowest BCUT2D eigenvalue weighted by Crippen LogP contribution is -2.17. The predicted octanol–water partition coefficient (Wildman–Crippen LogP) is 2.64. The Bertz CT molecular complexity index is 756. The number of ketones is 1. The third-order valence-electron chi connectivity index (χ3n) is 3.26. The van der Waals surface area contributed by atoms with Gasteiger partial charge in [-0.15, -0.1) is 0 Å². The molecule has 1 heterocycles. The zero-order valence-corrected chi connectivity index (χ0v) is 12.1. The van der Waals surface area contributed by atoms with Crippen LogP contribution in [-0.4, -0.2) is 31.6 Å². The van der Waals surface area contributed by atoms with E-state index in [1.54, 1.807) is 6.07 Å². The molecular formula is C17H13FO5. The Morgan fingerprint density at radius 2 is 1.78 bits per heavy atom. The summed E-state index contributed by atoms with van der Waals surface area (Å²) in [5.41, 5.74) is 0.404. The van der Waals surface area contributed by atoms with Crippen LogP contribution in [0.5, 0.6) is 11.5 Å². The lowest BCUT2D eigenvalue weighted by Gasteiger charge is -2.18. The van der Waals surface area contributed by atoms with Crippen LogP contribution in [0.2, 0.25) is 0 Å². The molecule has 6 heteroatoms. The lowest BCUT2D eigenvalue weighted by molar-refractivity contribution is 0.0474. The Kier molecular flexibility index (Phi) is 4.23.